The molecule has 2 heterocycles. The minimum absolute atomic E-state index is 0. The van der Waals surface area contributed by atoms with Crippen LogP contribution in [0.2, 0.25) is 0 Å². The van der Waals surface area contributed by atoms with Crippen LogP contribution in [0.25, 0.3) is 32.1 Å². The van der Waals surface area contributed by atoms with Crippen molar-refractivity contribution in [1.29, 1.82) is 0 Å². The predicted molar refractivity (Wildman–Crippen MR) is 190 cm³/mol. The molecule has 0 saturated carbocycles. The van der Waals surface area contributed by atoms with Crippen LogP contribution in [0.3, 0.4) is 0 Å². The normalized spacial score (nSPS) is 14.7. The number of aliphatic hydroxyl groups is 1. The maximum atomic E-state index is 11.7. The molecule has 3 nitrogen and oxygen atoms in total. The number of fused-ring (bicyclic) bond motifs is 4. The van der Waals surface area contributed by atoms with Gasteiger partial charge in [-0.1, -0.05) is 91.5 Å². The Morgan fingerprint density at radius 1 is 1.02 bits per heavy atom. The predicted octanol–water partition coefficient (Wildman–Crippen LogP) is 11.7. The summed E-state index contributed by atoms with van der Waals surface area (Å²) < 4.78 is 1.33. The van der Waals surface area contributed by atoms with Crippen LogP contribution >= 0.6 is 11.3 Å². The summed E-state index contributed by atoms with van der Waals surface area (Å²) in [6, 6.07) is 16.9. The number of hydrogen-bond donors (Lipinski definition) is 1. The number of carbonyl (C=O) groups is 1. The molecule has 0 unspecified atom stereocenters. The summed E-state index contributed by atoms with van der Waals surface area (Å²) in [6.07, 6.45) is 10.6. The van der Waals surface area contributed by atoms with Crippen molar-refractivity contribution in [2.45, 2.75) is 118 Å². The van der Waals surface area contributed by atoms with Gasteiger partial charge >= 0.3 is 0 Å². The van der Waals surface area contributed by atoms with E-state index in [1.54, 1.807) is 10.4 Å². The third-order valence-electron chi connectivity index (χ3n) is 9.47. The molecule has 0 amide bonds. The number of rotatable bonds is 8. The first kappa shape index (κ1) is 37.1. The van der Waals surface area contributed by atoms with Crippen molar-refractivity contribution in [2.75, 3.05) is 0 Å². The van der Waals surface area contributed by atoms with Crippen LogP contribution in [0.15, 0.2) is 54.4 Å². The summed E-state index contributed by atoms with van der Waals surface area (Å²) >= 11 is 1.96. The number of benzene rings is 2. The second kappa shape index (κ2) is 15.5. The Bertz CT molecular complexity index is 1630. The number of ketones is 1. The summed E-state index contributed by atoms with van der Waals surface area (Å²) in [4.78, 5) is 18.2. The van der Waals surface area contributed by atoms with Gasteiger partial charge < -0.3 is 5.11 Å². The monoisotopic (exact) mass is 803 g/mol. The maximum Gasteiger partial charge on any atom is 0.162 e. The zero-order valence-corrected chi connectivity index (χ0v) is 32.0. The molecule has 1 aliphatic carbocycles. The van der Waals surface area contributed by atoms with Crippen molar-refractivity contribution < 1.29 is 30.0 Å². The van der Waals surface area contributed by atoms with E-state index < -0.39 is 0 Å². The first-order valence-corrected chi connectivity index (χ1v) is 17.5. The van der Waals surface area contributed by atoms with E-state index in [0.717, 1.165) is 36.9 Å². The van der Waals surface area contributed by atoms with Crippen molar-refractivity contribution >= 4 is 38.0 Å². The van der Waals surface area contributed by atoms with E-state index >= 15 is 0 Å². The second-order valence-corrected chi connectivity index (χ2v) is 15.1. The SMILES string of the molecule is CC(C)(C)c1cc(-c2nccc3c4c(sc23)C(C)(C)CCC4)[c-]c2ccccc12.CCC(CC)C(=O)/C=C(\O)C(CC)CC.[Ir]. The zero-order chi connectivity index (χ0) is 32.2. The molecule has 1 radical (unpaired) electrons. The fourth-order valence-corrected chi connectivity index (χ4v) is 8.12. The Balaban J connectivity index is 0.000000297. The average Bonchev–Trinajstić information content (AvgIpc) is 3.38. The molecule has 0 atom stereocenters. The summed E-state index contributed by atoms with van der Waals surface area (Å²) in [5, 5.41) is 13.6. The van der Waals surface area contributed by atoms with Gasteiger partial charge in [0.2, 0.25) is 0 Å². The van der Waals surface area contributed by atoms with Crippen molar-refractivity contribution in [1.82, 2.24) is 4.98 Å². The average molecular weight is 803 g/mol. The summed E-state index contributed by atoms with van der Waals surface area (Å²) in [7, 11) is 0. The van der Waals surface area contributed by atoms with E-state index in [0.29, 0.717) is 0 Å². The number of allylic oxidation sites excluding steroid dienone is 2. The first-order chi connectivity index (χ1) is 20.9. The van der Waals surface area contributed by atoms with Crippen LogP contribution in [0.1, 0.15) is 117 Å². The van der Waals surface area contributed by atoms with Gasteiger partial charge in [-0.15, -0.1) is 40.5 Å². The molecule has 5 heteroatoms. The van der Waals surface area contributed by atoms with E-state index in [-0.39, 0.29) is 54.3 Å². The molecule has 1 N–H and O–H groups in total. The molecular weight excluding hydrogens is 751 g/mol. The van der Waals surface area contributed by atoms with Crippen LogP contribution in [0, 0.1) is 17.9 Å². The van der Waals surface area contributed by atoms with Crippen molar-refractivity contribution in [3.05, 3.63) is 76.5 Å². The van der Waals surface area contributed by atoms with Crippen LogP contribution < -0.4 is 0 Å². The smallest absolute Gasteiger partial charge is 0.162 e. The van der Waals surface area contributed by atoms with Crippen LogP contribution in [-0.4, -0.2) is 15.9 Å². The minimum Gasteiger partial charge on any atom is -0.512 e. The van der Waals surface area contributed by atoms with Gasteiger partial charge in [0.1, 0.15) is 0 Å². The van der Waals surface area contributed by atoms with Crippen LogP contribution in [0.5, 0.6) is 0 Å². The molecule has 0 aliphatic heterocycles. The van der Waals surface area contributed by atoms with E-state index in [2.05, 4.69) is 77.1 Å². The third-order valence-corrected chi connectivity index (χ3v) is 11.1. The number of hydrogen-bond acceptors (Lipinski definition) is 4. The molecule has 0 fully saturated rings. The van der Waals surface area contributed by atoms with Gasteiger partial charge in [0.25, 0.3) is 0 Å². The Morgan fingerprint density at radius 3 is 2.29 bits per heavy atom. The minimum atomic E-state index is 0. The molecule has 2 aromatic carbocycles. The molecule has 1 aliphatic rings. The number of aliphatic hydroxyl groups excluding tert-OH is 1. The molecule has 0 bridgehead atoms. The first-order valence-electron chi connectivity index (χ1n) is 16.7. The molecule has 4 aromatic rings. The summed E-state index contributed by atoms with van der Waals surface area (Å²) in [5.74, 6) is 0.547. The quantitative estimate of drug-likeness (QED) is 0.110. The second-order valence-electron chi connectivity index (χ2n) is 14.1. The number of pyridine rings is 1. The molecule has 45 heavy (non-hydrogen) atoms. The van der Waals surface area contributed by atoms with Crippen LogP contribution in [-0.2, 0) is 42.2 Å². The topological polar surface area (TPSA) is 50.2 Å². The maximum absolute atomic E-state index is 11.7. The van der Waals surface area contributed by atoms with Gasteiger partial charge in [0, 0.05) is 59.5 Å². The number of nitrogens with zero attached hydrogens (tertiary/aromatic N) is 1. The van der Waals surface area contributed by atoms with Gasteiger partial charge in [-0.25, -0.2) is 0 Å². The number of aromatic nitrogens is 1. The van der Waals surface area contributed by atoms with Crippen LogP contribution in [0.4, 0.5) is 0 Å². The number of carbonyl (C=O) groups excluding carboxylic acids is 1. The summed E-state index contributed by atoms with van der Waals surface area (Å²) in [6.45, 7) is 19.7. The van der Waals surface area contributed by atoms with Crippen molar-refractivity contribution in [2.24, 2.45) is 11.8 Å². The standard InChI is InChI=1S/C27H28NS.C13H24O2.Ir/c1-26(2,3)22-16-18(15-17-9-6-7-10-19(17)22)23-24-20(12-14-28-23)21-11-8-13-27(4,5)25(21)29-24;1-5-10(6-2)12(14)9-13(15)11(7-3)8-4;/h6-7,9-10,12,14,16H,8,11,13H2,1-5H3;9-11,14H,5-8H2,1-4H3;/q-1;;/b;12-9-;. The largest absolute Gasteiger partial charge is 0.512 e. The Morgan fingerprint density at radius 2 is 1.67 bits per heavy atom. The Hall–Kier alpha value is -2.33. The van der Waals surface area contributed by atoms with Crippen molar-refractivity contribution in [3.8, 4) is 11.3 Å². The molecule has 5 rings (SSSR count). The molecule has 0 spiro atoms. The number of thiophene rings is 1. The zero-order valence-electron chi connectivity index (χ0n) is 28.8. The summed E-state index contributed by atoms with van der Waals surface area (Å²) in [5.41, 5.74) is 5.46. The van der Waals surface area contributed by atoms with E-state index in [1.807, 2.05) is 45.2 Å². The third kappa shape index (κ3) is 8.16. The van der Waals surface area contributed by atoms with Gasteiger partial charge in [-0.05, 0) is 72.8 Å². The van der Waals surface area contributed by atoms with E-state index in [1.165, 1.54) is 51.8 Å². The van der Waals surface area contributed by atoms with Gasteiger partial charge in [-0.2, -0.15) is 0 Å². The Labute approximate surface area is 289 Å². The molecule has 0 saturated heterocycles. The van der Waals surface area contributed by atoms with Gasteiger partial charge in [0.05, 0.1) is 5.76 Å². The number of aryl methyl sites for hydroxylation is 1. The van der Waals surface area contributed by atoms with E-state index in [9.17, 15) is 9.90 Å². The fraction of sp³-hybridized carbons (Fsp3) is 0.500. The van der Waals surface area contributed by atoms with Crippen molar-refractivity contribution in [3.63, 3.8) is 0 Å². The van der Waals surface area contributed by atoms with E-state index in [4.69, 9.17) is 4.98 Å². The fourth-order valence-electron chi connectivity index (χ4n) is 6.64. The van der Waals surface area contributed by atoms with Gasteiger partial charge in [0.15, 0.2) is 5.78 Å². The molecule has 2 aromatic heterocycles. The molecule has 245 valence electrons. The Kier molecular flexibility index (Phi) is 12.8. The molecular formula is C40H52IrNO2S-. The van der Waals surface area contributed by atoms with Gasteiger partial charge in [-0.3, -0.25) is 9.78 Å².